The lowest BCUT2D eigenvalue weighted by molar-refractivity contribution is -0.121. The van der Waals surface area contributed by atoms with Gasteiger partial charge in [-0.25, -0.2) is 0 Å². The van der Waals surface area contributed by atoms with Crippen molar-refractivity contribution in [2.75, 3.05) is 32.8 Å². The van der Waals surface area contributed by atoms with Crippen LogP contribution in [0.3, 0.4) is 0 Å². The van der Waals surface area contributed by atoms with E-state index in [-0.39, 0.29) is 12.0 Å². The highest BCUT2D eigenvalue weighted by molar-refractivity contribution is 5.75. The Morgan fingerprint density at radius 1 is 1.30 bits per heavy atom. The molecule has 116 valence electrons. The first-order valence-corrected chi connectivity index (χ1v) is 8.03. The van der Waals surface area contributed by atoms with Crippen molar-refractivity contribution < 1.29 is 14.6 Å². The van der Waals surface area contributed by atoms with Crippen LogP contribution in [0.5, 0.6) is 0 Å². The third kappa shape index (κ3) is 5.77. The average Bonchev–Trinajstić information content (AvgIpc) is 2.96. The van der Waals surface area contributed by atoms with Crippen LogP contribution < -0.4 is 5.32 Å². The second-order valence-electron chi connectivity index (χ2n) is 5.95. The van der Waals surface area contributed by atoms with E-state index in [1.807, 2.05) is 0 Å². The Bertz CT molecular complexity index is 285. The summed E-state index contributed by atoms with van der Waals surface area (Å²) in [5.74, 6) is 0.148. The van der Waals surface area contributed by atoms with E-state index in [4.69, 9.17) is 4.74 Å². The summed E-state index contributed by atoms with van der Waals surface area (Å²) in [4.78, 5) is 14.0. The van der Waals surface area contributed by atoms with Crippen LogP contribution in [0.2, 0.25) is 0 Å². The molecule has 1 atom stereocenters. The summed E-state index contributed by atoms with van der Waals surface area (Å²) in [5.41, 5.74) is 0. The molecule has 0 radical (unpaired) electrons. The van der Waals surface area contributed by atoms with Gasteiger partial charge in [-0.1, -0.05) is 0 Å². The largest absolute Gasteiger partial charge is 0.393 e. The summed E-state index contributed by atoms with van der Waals surface area (Å²) >= 11 is 0. The van der Waals surface area contributed by atoms with Gasteiger partial charge >= 0.3 is 0 Å². The van der Waals surface area contributed by atoms with Gasteiger partial charge in [0.25, 0.3) is 0 Å². The minimum atomic E-state index is -0.108. The molecule has 1 amide bonds. The van der Waals surface area contributed by atoms with Crippen molar-refractivity contribution in [1.82, 2.24) is 10.2 Å². The molecule has 0 aromatic carbocycles. The van der Waals surface area contributed by atoms with Crippen molar-refractivity contribution in [3.05, 3.63) is 0 Å². The molecular weight excluding hydrogens is 256 g/mol. The number of hydrogen-bond donors (Lipinski definition) is 2. The van der Waals surface area contributed by atoms with E-state index in [0.29, 0.717) is 12.5 Å². The van der Waals surface area contributed by atoms with Crippen molar-refractivity contribution in [3.8, 4) is 0 Å². The van der Waals surface area contributed by atoms with Crippen molar-refractivity contribution in [1.29, 1.82) is 0 Å². The van der Waals surface area contributed by atoms with Crippen molar-refractivity contribution >= 4 is 5.91 Å². The predicted octanol–water partition coefficient (Wildman–Crippen LogP) is 0.909. The minimum absolute atomic E-state index is 0.108. The second kappa shape index (κ2) is 8.60. The van der Waals surface area contributed by atoms with Crippen LogP contribution in [0.25, 0.3) is 0 Å². The fourth-order valence-electron chi connectivity index (χ4n) is 2.93. The minimum Gasteiger partial charge on any atom is -0.393 e. The zero-order valence-corrected chi connectivity index (χ0v) is 12.4. The van der Waals surface area contributed by atoms with Gasteiger partial charge in [0.15, 0.2) is 0 Å². The SMILES string of the molecule is O=C(CCC1CCCO1)NCCCN1CCC(O)CC1. The molecule has 0 aromatic rings. The van der Waals surface area contributed by atoms with Crippen LogP contribution in [-0.2, 0) is 9.53 Å². The zero-order valence-electron chi connectivity index (χ0n) is 12.4. The Labute approximate surface area is 121 Å². The van der Waals surface area contributed by atoms with Gasteiger partial charge in [-0.05, 0) is 45.1 Å². The van der Waals surface area contributed by atoms with Gasteiger partial charge in [0.2, 0.25) is 5.91 Å². The first-order valence-electron chi connectivity index (χ1n) is 8.03. The Kier molecular flexibility index (Phi) is 6.76. The molecule has 2 aliphatic rings. The summed E-state index contributed by atoms with van der Waals surface area (Å²) in [6.07, 6.45) is 6.63. The summed E-state index contributed by atoms with van der Waals surface area (Å²) in [5, 5.41) is 12.4. The van der Waals surface area contributed by atoms with E-state index in [0.717, 1.165) is 71.3 Å². The number of amides is 1. The molecule has 0 aromatic heterocycles. The quantitative estimate of drug-likeness (QED) is 0.682. The maximum atomic E-state index is 11.7. The molecule has 2 saturated heterocycles. The average molecular weight is 284 g/mol. The van der Waals surface area contributed by atoms with Crippen LogP contribution in [0.4, 0.5) is 0 Å². The van der Waals surface area contributed by atoms with Gasteiger partial charge < -0.3 is 20.1 Å². The van der Waals surface area contributed by atoms with Crippen LogP contribution >= 0.6 is 0 Å². The monoisotopic (exact) mass is 284 g/mol. The molecule has 2 fully saturated rings. The van der Waals surface area contributed by atoms with Gasteiger partial charge in [-0.15, -0.1) is 0 Å². The first kappa shape index (κ1) is 15.7. The molecule has 2 heterocycles. The maximum absolute atomic E-state index is 11.7. The van der Waals surface area contributed by atoms with Gasteiger partial charge in [0.05, 0.1) is 12.2 Å². The fourth-order valence-corrected chi connectivity index (χ4v) is 2.93. The summed E-state index contributed by atoms with van der Waals surface area (Å²) in [7, 11) is 0. The third-order valence-electron chi connectivity index (χ3n) is 4.25. The Morgan fingerprint density at radius 3 is 2.80 bits per heavy atom. The van der Waals surface area contributed by atoms with Gasteiger partial charge in [-0.2, -0.15) is 0 Å². The smallest absolute Gasteiger partial charge is 0.220 e. The van der Waals surface area contributed by atoms with E-state index >= 15 is 0 Å². The molecule has 20 heavy (non-hydrogen) atoms. The lowest BCUT2D eigenvalue weighted by atomic mass is 10.1. The number of nitrogens with one attached hydrogen (secondary N) is 1. The highest BCUT2D eigenvalue weighted by atomic mass is 16.5. The topological polar surface area (TPSA) is 61.8 Å². The Morgan fingerprint density at radius 2 is 2.10 bits per heavy atom. The number of ether oxygens (including phenoxy) is 1. The fraction of sp³-hybridized carbons (Fsp3) is 0.933. The lowest BCUT2D eigenvalue weighted by Crippen LogP contribution is -2.37. The highest BCUT2D eigenvalue weighted by Crippen LogP contribution is 2.16. The number of carbonyl (C=O) groups is 1. The molecule has 0 aliphatic carbocycles. The number of rotatable bonds is 7. The Balaban J connectivity index is 1.44. The number of aliphatic hydroxyl groups excluding tert-OH is 1. The summed E-state index contributed by atoms with van der Waals surface area (Å²) in [6, 6.07) is 0. The number of aliphatic hydroxyl groups is 1. The van der Waals surface area contributed by atoms with Crippen molar-refractivity contribution in [3.63, 3.8) is 0 Å². The molecule has 2 rings (SSSR count). The van der Waals surface area contributed by atoms with E-state index < -0.39 is 0 Å². The molecule has 2 aliphatic heterocycles. The highest BCUT2D eigenvalue weighted by Gasteiger charge is 2.17. The molecular formula is C15H28N2O3. The predicted molar refractivity (Wildman–Crippen MR) is 77.5 cm³/mol. The van der Waals surface area contributed by atoms with Gasteiger partial charge in [0.1, 0.15) is 0 Å². The third-order valence-corrected chi connectivity index (χ3v) is 4.25. The number of nitrogens with zero attached hydrogens (tertiary/aromatic N) is 1. The number of likely N-dealkylation sites (tertiary alicyclic amines) is 1. The summed E-state index contributed by atoms with van der Waals surface area (Å²) < 4.78 is 5.51. The van der Waals surface area contributed by atoms with E-state index in [9.17, 15) is 9.90 Å². The number of carbonyl (C=O) groups excluding carboxylic acids is 1. The van der Waals surface area contributed by atoms with Crippen LogP contribution in [0, 0.1) is 0 Å². The van der Waals surface area contributed by atoms with E-state index in [1.165, 1.54) is 0 Å². The van der Waals surface area contributed by atoms with Crippen LogP contribution in [0.15, 0.2) is 0 Å². The van der Waals surface area contributed by atoms with Gasteiger partial charge in [0, 0.05) is 32.7 Å². The van der Waals surface area contributed by atoms with E-state index in [1.54, 1.807) is 0 Å². The first-order chi connectivity index (χ1) is 9.74. The molecule has 5 nitrogen and oxygen atoms in total. The van der Waals surface area contributed by atoms with E-state index in [2.05, 4.69) is 10.2 Å². The molecule has 0 saturated carbocycles. The normalized spacial score (nSPS) is 24.9. The number of piperidine rings is 1. The molecule has 0 bridgehead atoms. The van der Waals surface area contributed by atoms with Crippen molar-refractivity contribution in [2.45, 2.75) is 57.2 Å². The van der Waals surface area contributed by atoms with Crippen LogP contribution in [-0.4, -0.2) is 60.9 Å². The zero-order chi connectivity index (χ0) is 14.2. The number of hydrogen-bond acceptors (Lipinski definition) is 4. The summed E-state index contributed by atoms with van der Waals surface area (Å²) in [6.45, 7) is 4.58. The standard InChI is InChI=1S/C15H28N2O3/c18-13-6-10-17(11-7-13)9-2-8-16-15(19)5-4-14-3-1-12-20-14/h13-14,18H,1-12H2,(H,16,19). The Hall–Kier alpha value is -0.650. The van der Waals surface area contributed by atoms with Gasteiger partial charge in [-0.3, -0.25) is 4.79 Å². The maximum Gasteiger partial charge on any atom is 0.220 e. The molecule has 2 N–H and O–H groups in total. The molecule has 1 unspecified atom stereocenters. The van der Waals surface area contributed by atoms with Crippen molar-refractivity contribution in [2.24, 2.45) is 0 Å². The van der Waals surface area contributed by atoms with Crippen LogP contribution in [0.1, 0.15) is 44.9 Å². The lowest BCUT2D eigenvalue weighted by Gasteiger charge is -2.29. The molecule has 5 heteroatoms. The second-order valence-corrected chi connectivity index (χ2v) is 5.95. The molecule has 0 spiro atoms.